The second kappa shape index (κ2) is 5.43. The second-order valence-corrected chi connectivity index (χ2v) is 6.39. The maximum atomic E-state index is 4.05. The van der Waals surface area contributed by atoms with Crippen LogP contribution in [0.15, 0.2) is 40.4 Å². The monoisotopic (exact) mass is 359 g/mol. The van der Waals surface area contributed by atoms with E-state index in [4.69, 9.17) is 0 Å². The summed E-state index contributed by atoms with van der Waals surface area (Å²) in [5.74, 6) is 0.429. The van der Waals surface area contributed by atoms with E-state index < -0.39 is 0 Å². The maximum Gasteiger partial charge on any atom is 0.0566 e. The molecular formula is C12H11Br2NS. The molecule has 0 aliphatic carbocycles. The number of hydrogen-bond donors (Lipinski definition) is 0. The summed E-state index contributed by atoms with van der Waals surface area (Å²) in [6, 6.07) is 6.23. The maximum absolute atomic E-state index is 4.05. The average Bonchev–Trinajstić information content (AvgIpc) is 2.75. The number of aromatic nitrogens is 1. The van der Waals surface area contributed by atoms with Crippen molar-refractivity contribution in [1.29, 1.82) is 0 Å². The minimum atomic E-state index is 0.337. The highest BCUT2D eigenvalue weighted by Gasteiger charge is 2.20. The molecule has 0 spiro atoms. The molecule has 0 radical (unpaired) electrons. The minimum Gasteiger partial charge on any atom is -0.265 e. The Labute approximate surface area is 116 Å². The SMILES string of the molecule is CC(c1ccncc1)C(Br)c1sccc1Br. The fraction of sp³-hybridized carbons (Fsp3) is 0.250. The second-order valence-electron chi connectivity index (χ2n) is 3.60. The number of nitrogens with zero attached hydrogens (tertiary/aromatic N) is 1. The van der Waals surface area contributed by atoms with Gasteiger partial charge in [0.15, 0.2) is 0 Å². The molecule has 2 atom stereocenters. The van der Waals surface area contributed by atoms with Crippen molar-refractivity contribution in [2.24, 2.45) is 0 Å². The van der Waals surface area contributed by atoms with Gasteiger partial charge >= 0.3 is 0 Å². The zero-order valence-corrected chi connectivity index (χ0v) is 12.7. The van der Waals surface area contributed by atoms with Crippen LogP contribution in [0.3, 0.4) is 0 Å². The van der Waals surface area contributed by atoms with E-state index in [1.807, 2.05) is 12.4 Å². The number of alkyl halides is 1. The molecule has 0 bridgehead atoms. The highest BCUT2D eigenvalue weighted by Crippen LogP contribution is 2.43. The molecule has 84 valence electrons. The van der Waals surface area contributed by atoms with Crippen molar-refractivity contribution in [3.8, 4) is 0 Å². The molecule has 0 amide bonds. The molecule has 0 saturated carbocycles. The predicted molar refractivity (Wildman–Crippen MR) is 76.3 cm³/mol. The van der Waals surface area contributed by atoms with Gasteiger partial charge < -0.3 is 0 Å². The van der Waals surface area contributed by atoms with Gasteiger partial charge in [0, 0.05) is 21.7 Å². The van der Waals surface area contributed by atoms with E-state index in [0.29, 0.717) is 10.7 Å². The Morgan fingerprint density at radius 1 is 1.25 bits per heavy atom. The Morgan fingerprint density at radius 2 is 1.94 bits per heavy atom. The van der Waals surface area contributed by atoms with Crippen LogP contribution < -0.4 is 0 Å². The molecule has 0 N–H and O–H groups in total. The molecule has 1 nitrogen and oxygen atoms in total. The van der Waals surface area contributed by atoms with Gasteiger partial charge in [0.1, 0.15) is 0 Å². The van der Waals surface area contributed by atoms with Gasteiger partial charge in [0.25, 0.3) is 0 Å². The van der Waals surface area contributed by atoms with Crippen molar-refractivity contribution < 1.29 is 0 Å². The van der Waals surface area contributed by atoms with Crippen molar-refractivity contribution in [3.05, 3.63) is 50.9 Å². The van der Waals surface area contributed by atoms with Crippen LogP contribution in [0.1, 0.15) is 28.1 Å². The van der Waals surface area contributed by atoms with E-state index in [1.165, 1.54) is 14.9 Å². The Hall–Kier alpha value is -0.190. The highest BCUT2D eigenvalue weighted by molar-refractivity contribution is 9.11. The fourth-order valence-corrected chi connectivity index (χ4v) is 4.45. The number of thiophene rings is 1. The van der Waals surface area contributed by atoms with Crippen molar-refractivity contribution in [3.63, 3.8) is 0 Å². The lowest BCUT2D eigenvalue weighted by atomic mass is 9.98. The quantitative estimate of drug-likeness (QED) is 0.690. The molecule has 2 aromatic heterocycles. The van der Waals surface area contributed by atoms with Crippen molar-refractivity contribution >= 4 is 43.2 Å². The van der Waals surface area contributed by atoms with Crippen LogP contribution in [-0.4, -0.2) is 4.98 Å². The number of pyridine rings is 1. The third-order valence-corrected chi connectivity index (χ3v) is 6.07. The van der Waals surface area contributed by atoms with Gasteiger partial charge in [-0.05, 0) is 51.0 Å². The van der Waals surface area contributed by atoms with Gasteiger partial charge in [-0.25, -0.2) is 0 Å². The van der Waals surface area contributed by atoms with Gasteiger partial charge in [0.05, 0.1) is 4.83 Å². The van der Waals surface area contributed by atoms with E-state index in [0.717, 1.165) is 0 Å². The average molecular weight is 361 g/mol. The molecule has 0 aliphatic heterocycles. The molecule has 2 heterocycles. The van der Waals surface area contributed by atoms with Gasteiger partial charge in [0.2, 0.25) is 0 Å². The zero-order valence-electron chi connectivity index (χ0n) is 8.73. The Morgan fingerprint density at radius 3 is 2.50 bits per heavy atom. The van der Waals surface area contributed by atoms with Gasteiger partial charge in [-0.15, -0.1) is 11.3 Å². The molecule has 2 aromatic rings. The largest absolute Gasteiger partial charge is 0.265 e. The molecular weight excluding hydrogens is 350 g/mol. The first-order valence-corrected chi connectivity index (χ1v) is 7.56. The molecule has 2 unspecified atom stereocenters. The van der Waals surface area contributed by atoms with E-state index >= 15 is 0 Å². The fourth-order valence-electron chi connectivity index (χ4n) is 1.57. The molecule has 0 aromatic carbocycles. The first-order valence-electron chi connectivity index (χ1n) is 4.97. The van der Waals surface area contributed by atoms with E-state index in [2.05, 4.69) is 67.3 Å². The van der Waals surface area contributed by atoms with Crippen LogP contribution in [0.25, 0.3) is 0 Å². The summed E-state index contributed by atoms with van der Waals surface area (Å²) in [4.78, 5) is 5.72. The summed E-state index contributed by atoms with van der Waals surface area (Å²) in [6.45, 7) is 2.22. The standard InChI is InChI=1S/C12H11Br2NS/c1-8(9-2-5-15-6-3-9)11(14)12-10(13)4-7-16-12/h2-8,11H,1H3. The highest BCUT2D eigenvalue weighted by atomic mass is 79.9. The molecule has 4 heteroatoms. The molecule has 0 saturated heterocycles. The van der Waals surface area contributed by atoms with Crippen molar-refractivity contribution in [2.45, 2.75) is 17.7 Å². The molecule has 0 aliphatic rings. The van der Waals surface area contributed by atoms with Crippen LogP contribution in [0.5, 0.6) is 0 Å². The van der Waals surface area contributed by atoms with E-state index in [-0.39, 0.29) is 0 Å². The smallest absolute Gasteiger partial charge is 0.0566 e. The Kier molecular flexibility index (Phi) is 4.16. The van der Waals surface area contributed by atoms with Gasteiger partial charge in [-0.3, -0.25) is 4.98 Å². The zero-order chi connectivity index (χ0) is 11.5. The molecule has 0 fully saturated rings. The lowest BCUT2D eigenvalue weighted by Crippen LogP contribution is -2.01. The third-order valence-electron chi connectivity index (χ3n) is 2.57. The van der Waals surface area contributed by atoms with Gasteiger partial charge in [-0.2, -0.15) is 0 Å². The van der Waals surface area contributed by atoms with E-state index in [9.17, 15) is 0 Å². The van der Waals surface area contributed by atoms with Crippen molar-refractivity contribution in [1.82, 2.24) is 4.98 Å². The summed E-state index contributed by atoms with van der Waals surface area (Å²) < 4.78 is 1.18. The predicted octanol–water partition coefficient (Wildman–Crippen LogP) is 5.15. The van der Waals surface area contributed by atoms with Gasteiger partial charge in [-0.1, -0.05) is 22.9 Å². The van der Waals surface area contributed by atoms with E-state index in [1.54, 1.807) is 11.3 Å². The number of hydrogen-bond acceptors (Lipinski definition) is 2. The van der Waals surface area contributed by atoms with Crippen LogP contribution in [0.4, 0.5) is 0 Å². The Balaban J connectivity index is 2.23. The summed E-state index contributed by atoms with van der Waals surface area (Å²) in [7, 11) is 0. The number of rotatable bonds is 3. The van der Waals surface area contributed by atoms with Crippen LogP contribution in [0.2, 0.25) is 0 Å². The van der Waals surface area contributed by atoms with Crippen LogP contribution in [0, 0.1) is 0 Å². The Bertz CT molecular complexity index is 455. The van der Waals surface area contributed by atoms with Crippen LogP contribution in [-0.2, 0) is 0 Å². The molecule has 16 heavy (non-hydrogen) atoms. The number of halogens is 2. The summed E-state index contributed by atoms with van der Waals surface area (Å²) in [5, 5.41) is 2.10. The lowest BCUT2D eigenvalue weighted by Gasteiger charge is -2.18. The third kappa shape index (κ3) is 2.55. The lowest BCUT2D eigenvalue weighted by molar-refractivity contribution is 0.758. The minimum absolute atomic E-state index is 0.337. The normalized spacial score (nSPS) is 14.7. The summed E-state index contributed by atoms with van der Waals surface area (Å²) in [6.07, 6.45) is 3.68. The summed E-state index contributed by atoms with van der Waals surface area (Å²) >= 11 is 9.13. The van der Waals surface area contributed by atoms with Crippen LogP contribution >= 0.6 is 43.2 Å². The summed E-state index contributed by atoms with van der Waals surface area (Å²) in [5.41, 5.74) is 1.30. The van der Waals surface area contributed by atoms with Crippen molar-refractivity contribution in [2.75, 3.05) is 0 Å². The first kappa shape index (κ1) is 12.3. The topological polar surface area (TPSA) is 12.9 Å². The molecule has 2 rings (SSSR count). The first-order chi connectivity index (χ1) is 7.70.